The van der Waals surface area contributed by atoms with E-state index in [1.165, 1.54) is 0 Å². The maximum Gasteiger partial charge on any atom is 0.0794 e. The van der Waals surface area contributed by atoms with Gasteiger partial charge < -0.3 is 15.7 Å². The number of nitrogens with zero attached hydrogens (tertiary/aromatic N) is 1. The van der Waals surface area contributed by atoms with Crippen molar-refractivity contribution in [3.63, 3.8) is 0 Å². The molecule has 0 aliphatic carbocycles. The topological polar surface area (TPSA) is 49.5 Å². The minimum atomic E-state index is -0.613. The Bertz CT molecular complexity index is 432. The first-order chi connectivity index (χ1) is 7.89. The van der Waals surface area contributed by atoms with Gasteiger partial charge >= 0.3 is 0 Å². The van der Waals surface area contributed by atoms with E-state index in [4.69, 9.17) is 17.3 Å². The van der Waals surface area contributed by atoms with Crippen LogP contribution in [0.3, 0.4) is 0 Å². The first kappa shape index (κ1) is 12.5. The summed E-state index contributed by atoms with van der Waals surface area (Å²) in [4.78, 5) is 2.18. The van der Waals surface area contributed by atoms with E-state index in [0.29, 0.717) is 17.3 Å². The van der Waals surface area contributed by atoms with Gasteiger partial charge in [-0.15, -0.1) is 0 Å². The number of aliphatic hydroxyl groups is 1. The summed E-state index contributed by atoms with van der Waals surface area (Å²) in [6, 6.07) is 3.79. The fourth-order valence-electron chi connectivity index (χ4n) is 2.46. The van der Waals surface area contributed by atoms with Crippen LogP contribution in [0.25, 0.3) is 0 Å². The zero-order valence-electron chi connectivity index (χ0n) is 10.3. The number of aryl methyl sites for hydroxylation is 1. The van der Waals surface area contributed by atoms with Gasteiger partial charge in [0.1, 0.15) is 0 Å². The number of β-amino-alcohol motifs (C(OH)–C–C–N with tert-alkyl or cyclic N) is 1. The van der Waals surface area contributed by atoms with Gasteiger partial charge in [0.2, 0.25) is 0 Å². The minimum Gasteiger partial charge on any atom is -0.398 e. The molecule has 4 heteroatoms. The second-order valence-corrected chi connectivity index (χ2v) is 5.59. The Morgan fingerprint density at radius 1 is 1.47 bits per heavy atom. The zero-order chi connectivity index (χ0) is 12.6. The van der Waals surface area contributed by atoms with Crippen molar-refractivity contribution < 1.29 is 5.11 Å². The van der Waals surface area contributed by atoms with Gasteiger partial charge in [-0.1, -0.05) is 11.6 Å². The predicted molar refractivity (Wildman–Crippen MR) is 72.7 cm³/mol. The van der Waals surface area contributed by atoms with Gasteiger partial charge in [0.15, 0.2) is 0 Å². The summed E-state index contributed by atoms with van der Waals surface area (Å²) in [5.41, 5.74) is 7.94. The summed E-state index contributed by atoms with van der Waals surface area (Å²) in [6.07, 6.45) is 1.85. The number of rotatable bonds is 1. The molecule has 2 rings (SSSR count). The van der Waals surface area contributed by atoms with Gasteiger partial charge in [-0.2, -0.15) is 0 Å². The number of anilines is 2. The lowest BCUT2D eigenvalue weighted by atomic mass is 9.94. The normalized spacial score (nSPS) is 25.1. The Labute approximate surface area is 107 Å². The number of nitrogen functional groups attached to an aromatic ring is 1. The molecular weight excluding hydrogens is 236 g/mol. The van der Waals surface area contributed by atoms with E-state index in [1.807, 2.05) is 26.0 Å². The van der Waals surface area contributed by atoms with E-state index in [9.17, 15) is 5.11 Å². The standard InChI is InChI=1S/C13H19ClN2O/c1-9-6-11(15)10(14)7-12(9)16-5-3-4-13(2,17)8-16/h6-7,17H,3-5,8,15H2,1-2H3. The average molecular weight is 255 g/mol. The van der Waals surface area contributed by atoms with E-state index in [2.05, 4.69) is 4.90 Å². The molecule has 3 N–H and O–H groups in total. The Morgan fingerprint density at radius 2 is 2.18 bits per heavy atom. The van der Waals surface area contributed by atoms with Gasteiger partial charge in [-0.3, -0.25) is 0 Å². The van der Waals surface area contributed by atoms with Crippen molar-refractivity contribution in [2.75, 3.05) is 23.7 Å². The second kappa shape index (κ2) is 4.39. The lowest BCUT2D eigenvalue weighted by Crippen LogP contribution is -2.46. The van der Waals surface area contributed by atoms with Gasteiger partial charge in [-0.05, 0) is 44.4 Å². The molecule has 1 aliphatic heterocycles. The summed E-state index contributed by atoms with van der Waals surface area (Å²) >= 11 is 6.06. The molecular formula is C13H19ClN2O. The smallest absolute Gasteiger partial charge is 0.0794 e. The summed E-state index contributed by atoms with van der Waals surface area (Å²) in [5, 5.41) is 10.7. The highest BCUT2D eigenvalue weighted by atomic mass is 35.5. The molecule has 0 amide bonds. The molecule has 1 saturated heterocycles. The first-order valence-electron chi connectivity index (χ1n) is 5.92. The Morgan fingerprint density at radius 3 is 2.82 bits per heavy atom. The predicted octanol–water partition coefficient (Wildman–Crippen LogP) is 2.58. The SMILES string of the molecule is Cc1cc(N)c(Cl)cc1N1CCCC(C)(O)C1. The van der Waals surface area contributed by atoms with Crippen LogP contribution in [0.5, 0.6) is 0 Å². The van der Waals surface area contributed by atoms with Crippen molar-refractivity contribution in [2.24, 2.45) is 0 Å². The summed E-state index contributed by atoms with van der Waals surface area (Å²) < 4.78 is 0. The van der Waals surface area contributed by atoms with Crippen LogP contribution >= 0.6 is 11.6 Å². The van der Waals surface area contributed by atoms with Crippen LogP contribution in [0, 0.1) is 6.92 Å². The maximum atomic E-state index is 10.1. The second-order valence-electron chi connectivity index (χ2n) is 5.18. The molecule has 1 unspecified atom stereocenters. The molecule has 0 aromatic heterocycles. The van der Waals surface area contributed by atoms with Crippen LogP contribution in [0.2, 0.25) is 5.02 Å². The largest absolute Gasteiger partial charge is 0.398 e. The van der Waals surface area contributed by atoms with Crippen molar-refractivity contribution in [1.29, 1.82) is 0 Å². The molecule has 3 nitrogen and oxygen atoms in total. The lowest BCUT2D eigenvalue weighted by molar-refractivity contribution is 0.0449. The van der Waals surface area contributed by atoms with Gasteiger partial charge in [0.25, 0.3) is 0 Å². The molecule has 1 fully saturated rings. The zero-order valence-corrected chi connectivity index (χ0v) is 11.1. The van der Waals surface area contributed by atoms with Crippen molar-refractivity contribution in [3.05, 3.63) is 22.7 Å². The molecule has 1 aromatic carbocycles. The summed E-state index contributed by atoms with van der Waals surface area (Å²) in [5.74, 6) is 0. The number of benzene rings is 1. The van der Waals surface area contributed by atoms with Crippen molar-refractivity contribution >= 4 is 23.0 Å². The fourth-order valence-corrected chi connectivity index (χ4v) is 2.62. The van der Waals surface area contributed by atoms with Crippen LogP contribution in [-0.2, 0) is 0 Å². The quantitative estimate of drug-likeness (QED) is 0.758. The molecule has 0 bridgehead atoms. The highest BCUT2D eigenvalue weighted by molar-refractivity contribution is 6.33. The monoisotopic (exact) mass is 254 g/mol. The summed E-state index contributed by atoms with van der Waals surface area (Å²) in [7, 11) is 0. The van der Waals surface area contributed by atoms with Crippen molar-refractivity contribution in [2.45, 2.75) is 32.3 Å². The minimum absolute atomic E-state index is 0.579. The molecule has 94 valence electrons. The fraction of sp³-hybridized carbons (Fsp3) is 0.538. The number of halogens is 1. The molecule has 0 radical (unpaired) electrons. The molecule has 1 aliphatic rings. The molecule has 1 atom stereocenters. The highest BCUT2D eigenvalue weighted by Gasteiger charge is 2.29. The molecule has 17 heavy (non-hydrogen) atoms. The van der Waals surface area contributed by atoms with Crippen LogP contribution in [0.4, 0.5) is 11.4 Å². The van der Waals surface area contributed by atoms with E-state index < -0.39 is 5.60 Å². The molecule has 1 aromatic rings. The highest BCUT2D eigenvalue weighted by Crippen LogP contribution is 2.32. The lowest BCUT2D eigenvalue weighted by Gasteiger charge is -2.39. The molecule has 0 saturated carbocycles. The van der Waals surface area contributed by atoms with E-state index in [1.54, 1.807) is 0 Å². The number of piperidine rings is 1. The number of hydrogen-bond acceptors (Lipinski definition) is 3. The third-order valence-corrected chi connectivity index (χ3v) is 3.66. The van der Waals surface area contributed by atoms with Gasteiger partial charge in [-0.25, -0.2) is 0 Å². The number of nitrogens with two attached hydrogens (primary N) is 1. The average Bonchev–Trinajstić information content (AvgIpc) is 2.22. The van der Waals surface area contributed by atoms with Crippen LogP contribution in [-0.4, -0.2) is 23.8 Å². The third kappa shape index (κ3) is 2.67. The Balaban J connectivity index is 2.31. The van der Waals surface area contributed by atoms with Gasteiger partial charge in [0, 0.05) is 18.8 Å². The maximum absolute atomic E-state index is 10.1. The Hall–Kier alpha value is -0.930. The van der Waals surface area contributed by atoms with E-state index in [0.717, 1.165) is 30.6 Å². The summed E-state index contributed by atoms with van der Waals surface area (Å²) in [6.45, 7) is 5.50. The van der Waals surface area contributed by atoms with Gasteiger partial charge in [0.05, 0.1) is 16.3 Å². The Kier molecular flexibility index (Phi) is 3.23. The first-order valence-corrected chi connectivity index (χ1v) is 6.30. The number of hydrogen-bond donors (Lipinski definition) is 2. The van der Waals surface area contributed by atoms with E-state index in [-0.39, 0.29) is 0 Å². The van der Waals surface area contributed by atoms with Crippen LogP contribution < -0.4 is 10.6 Å². The van der Waals surface area contributed by atoms with Crippen molar-refractivity contribution in [1.82, 2.24) is 0 Å². The van der Waals surface area contributed by atoms with Crippen molar-refractivity contribution in [3.8, 4) is 0 Å². The van der Waals surface area contributed by atoms with Crippen LogP contribution in [0.1, 0.15) is 25.3 Å². The van der Waals surface area contributed by atoms with E-state index >= 15 is 0 Å². The molecule has 0 spiro atoms. The van der Waals surface area contributed by atoms with Crippen LogP contribution in [0.15, 0.2) is 12.1 Å². The third-order valence-electron chi connectivity index (χ3n) is 3.33. The molecule has 1 heterocycles.